The molecule has 0 radical (unpaired) electrons. The summed E-state index contributed by atoms with van der Waals surface area (Å²) < 4.78 is 0. The molecule has 0 heterocycles. The zero-order chi connectivity index (χ0) is 3.58. The maximum atomic E-state index is 8.52. The summed E-state index contributed by atoms with van der Waals surface area (Å²) in [6, 6.07) is 0. The summed E-state index contributed by atoms with van der Waals surface area (Å²) in [5, 5.41) is 0. The Morgan fingerprint density at radius 1 is 1.00 bits per heavy atom. The smallest absolute Gasteiger partial charge is 0.690 e. The fraction of sp³-hybridized carbons (Fsp3) is 0. The molecule has 0 atom stereocenters. The van der Waals surface area contributed by atoms with Gasteiger partial charge < -0.3 is 14.7 Å². The van der Waals surface area contributed by atoms with E-state index in [2.05, 4.69) is 0 Å². The monoisotopic (exact) mass is 120 g/mol. The third kappa shape index (κ3) is 28.8. The molecule has 0 spiro atoms. The van der Waals surface area contributed by atoms with Crippen molar-refractivity contribution in [3.8, 4) is 0 Å². The second-order valence-corrected chi connectivity index (χ2v) is 0.750. The van der Waals surface area contributed by atoms with E-state index in [9.17, 15) is 0 Å². The number of hydrogen-bond donors (Lipinski definition) is 0. The molecule has 0 aliphatic rings. The predicted molar refractivity (Wildman–Crippen MR) is 14.1 cm³/mol. The minimum Gasteiger partial charge on any atom is -0.690 e. The van der Waals surface area contributed by atoms with Crippen LogP contribution in [0.1, 0.15) is 0 Å². The molecule has 0 N–H and O–H groups in total. The third-order valence-electron chi connectivity index (χ3n) is 0. The van der Waals surface area contributed by atoms with Crippen LogP contribution in [0.5, 0.6) is 0 Å². The molecule has 0 bridgehead atoms. The molecule has 0 aliphatic carbocycles. The molecule has 0 aromatic rings. The van der Waals surface area contributed by atoms with E-state index in [0.717, 1.165) is 0 Å². The average Bonchev–Trinajstić information content (AvgIpc) is 0.811. The molecule has 0 rings (SSSR count). The molecule has 0 unspecified atom stereocenters. The standard InChI is InChI=1S/Ca.HO3P/c;1-4(2)3/h;4H/q+2;-2. The van der Waals surface area contributed by atoms with Gasteiger partial charge in [0.2, 0.25) is 0 Å². The molecule has 26 valence electrons. The molecule has 0 aromatic heterocycles. The number of rotatable bonds is 0. The van der Waals surface area contributed by atoms with Crippen molar-refractivity contribution < 1.29 is 14.7 Å². The first-order chi connectivity index (χ1) is 1.73. The molecule has 0 aliphatic heterocycles. The van der Waals surface area contributed by atoms with Gasteiger partial charge in [0.15, 0.2) is 0 Å². The van der Waals surface area contributed by atoms with Gasteiger partial charge in [-0.25, -0.2) is 0 Å². The Kier molecular flexibility index (Phi) is 10.9. The molecule has 0 amide bonds. The van der Waals surface area contributed by atoms with Crippen LogP contribution in [0.15, 0.2) is 0 Å². The van der Waals surface area contributed by atoms with E-state index >= 15 is 0 Å². The first kappa shape index (κ1) is 9.76. The van der Waals surface area contributed by atoms with Crippen LogP contribution >= 0.6 is 8.60 Å². The molecule has 3 nitrogen and oxygen atoms in total. The second-order valence-electron chi connectivity index (χ2n) is 0.250. The Bertz CT molecular complexity index is 11.6. The number of hydrogen-bond acceptors (Lipinski definition) is 3. The molecule has 5 heteroatoms. The van der Waals surface area contributed by atoms with Crippen molar-refractivity contribution in [2.24, 2.45) is 0 Å². The van der Waals surface area contributed by atoms with E-state index in [0.29, 0.717) is 0 Å². The zero-order valence-electron chi connectivity index (χ0n) is 2.43. The van der Waals surface area contributed by atoms with Crippen molar-refractivity contribution in [1.29, 1.82) is 0 Å². The van der Waals surface area contributed by atoms with Crippen LogP contribution in [0.25, 0.3) is 0 Å². The van der Waals surface area contributed by atoms with Gasteiger partial charge in [0, 0.05) is 0 Å². The maximum absolute atomic E-state index is 8.52. The molecular weight excluding hydrogens is 119 g/mol. The van der Waals surface area contributed by atoms with Gasteiger partial charge in [-0.2, -0.15) is 8.60 Å². The first-order valence-electron chi connectivity index (χ1n) is 0.612. The Hall–Kier alpha value is 1.57. The molecule has 0 saturated heterocycles. The van der Waals surface area contributed by atoms with Crippen LogP contribution in [0.4, 0.5) is 0 Å². The van der Waals surface area contributed by atoms with E-state index in [1.165, 1.54) is 0 Å². The van der Waals surface area contributed by atoms with Gasteiger partial charge in [-0.15, -0.1) is 0 Å². The normalized spacial score (nSPS) is 7.20. The summed E-state index contributed by atoms with van der Waals surface area (Å²) in [6.45, 7) is 0. The molecule has 0 saturated carbocycles. The van der Waals surface area contributed by atoms with Crippen LogP contribution in [-0.2, 0) is 0 Å². The summed E-state index contributed by atoms with van der Waals surface area (Å²) >= 11 is 0. The average molecular weight is 120 g/mol. The van der Waals surface area contributed by atoms with Crippen molar-refractivity contribution in [3.05, 3.63) is 0 Å². The SMILES string of the molecule is [Ca+2].[O-][PH+]([O-])[O-]. The van der Waals surface area contributed by atoms with E-state index in [4.69, 9.17) is 14.7 Å². The van der Waals surface area contributed by atoms with Gasteiger partial charge in [-0.05, 0) is 0 Å². The molecule has 0 aromatic carbocycles. The summed E-state index contributed by atoms with van der Waals surface area (Å²) in [5.74, 6) is 0. The van der Waals surface area contributed by atoms with Crippen LogP contribution in [0.3, 0.4) is 0 Å². The summed E-state index contributed by atoms with van der Waals surface area (Å²) in [7, 11) is -3.63. The van der Waals surface area contributed by atoms with Crippen molar-refractivity contribution in [3.63, 3.8) is 0 Å². The Balaban J connectivity index is 0. The van der Waals surface area contributed by atoms with Crippen molar-refractivity contribution in [1.82, 2.24) is 0 Å². The molecular formula is HCaO3P. The van der Waals surface area contributed by atoms with Crippen molar-refractivity contribution in [2.45, 2.75) is 0 Å². The largest absolute Gasteiger partial charge is 2.00 e. The van der Waals surface area contributed by atoms with Crippen LogP contribution in [0.2, 0.25) is 0 Å². The first-order valence-corrected chi connectivity index (χ1v) is 1.84. The zero-order valence-corrected chi connectivity index (χ0v) is 5.64. The fourth-order valence-electron chi connectivity index (χ4n) is 0. The van der Waals surface area contributed by atoms with Crippen LogP contribution in [-0.4, -0.2) is 37.7 Å². The molecule has 0 fully saturated rings. The Morgan fingerprint density at radius 2 is 1.00 bits per heavy atom. The Labute approximate surface area is 60.6 Å². The van der Waals surface area contributed by atoms with E-state index < -0.39 is 8.60 Å². The predicted octanol–water partition coefficient (Wildman–Crippen LogP) is -3.35. The van der Waals surface area contributed by atoms with Crippen LogP contribution in [0, 0.1) is 0 Å². The molecule has 5 heavy (non-hydrogen) atoms. The summed E-state index contributed by atoms with van der Waals surface area (Å²) in [4.78, 5) is 25.6. The topological polar surface area (TPSA) is 69.2 Å². The van der Waals surface area contributed by atoms with Gasteiger partial charge in [0.05, 0.1) is 0 Å². The minimum absolute atomic E-state index is 0. The van der Waals surface area contributed by atoms with Crippen molar-refractivity contribution >= 4 is 46.3 Å². The van der Waals surface area contributed by atoms with Gasteiger partial charge in [0.1, 0.15) is 0 Å². The second kappa shape index (κ2) is 5.57. The van der Waals surface area contributed by atoms with E-state index in [1.807, 2.05) is 0 Å². The third-order valence-corrected chi connectivity index (χ3v) is 0. The van der Waals surface area contributed by atoms with Gasteiger partial charge in [0.25, 0.3) is 0 Å². The van der Waals surface area contributed by atoms with Gasteiger partial charge >= 0.3 is 37.7 Å². The van der Waals surface area contributed by atoms with Crippen LogP contribution < -0.4 is 14.7 Å². The van der Waals surface area contributed by atoms with Crippen molar-refractivity contribution in [2.75, 3.05) is 0 Å². The minimum atomic E-state index is -3.63. The van der Waals surface area contributed by atoms with E-state index in [1.54, 1.807) is 0 Å². The van der Waals surface area contributed by atoms with E-state index in [-0.39, 0.29) is 37.7 Å². The van der Waals surface area contributed by atoms with Gasteiger partial charge in [-0.1, -0.05) is 0 Å². The summed E-state index contributed by atoms with van der Waals surface area (Å²) in [5.41, 5.74) is 0. The fourth-order valence-corrected chi connectivity index (χ4v) is 0. The Morgan fingerprint density at radius 3 is 1.00 bits per heavy atom. The quantitative estimate of drug-likeness (QED) is 0.247. The summed E-state index contributed by atoms with van der Waals surface area (Å²) in [6.07, 6.45) is 0. The maximum Gasteiger partial charge on any atom is 2.00 e. The van der Waals surface area contributed by atoms with Gasteiger partial charge in [-0.3, -0.25) is 0 Å².